The molecular formula is C12H18. The first-order valence-corrected chi connectivity index (χ1v) is 4.56. The van der Waals surface area contributed by atoms with Crippen molar-refractivity contribution in [1.82, 2.24) is 0 Å². The van der Waals surface area contributed by atoms with Gasteiger partial charge < -0.3 is 0 Å². The molecule has 0 aromatic rings. The van der Waals surface area contributed by atoms with Crippen LogP contribution >= 0.6 is 0 Å². The maximum atomic E-state index is 3.77. The van der Waals surface area contributed by atoms with Gasteiger partial charge in [-0.15, -0.1) is 0 Å². The second kappa shape index (κ2) is 3.30. The van der Waals surface area contributed by atoms with Crippen molar-refractivity contribution in [3.63, 3.8) is 0 Å². The van der Waals surface area contributed by atoms with E-state index in [9.17, 15) is 0 Å². The Balaban J connectivity index is 2.79. The fourth-order valence-corrected chi connectivity index (χ4v) is 1.45. The molecule has 66 valence electrons. The molecule has 0 unspecified atom stereocenters. The normalized spacial score (nSPS) is 18.2. The number of allylic oxidation sites excluding steroid dienone is 5. The molecule has 0 spiro atoms. The molecule has 1 rings (SSSR count). The standard InChI is InChI=1S/C12H18/c1-5-10-6-8-11(9-7-10)12(2,3)4/h5-6,8H,1,7,9H2,2-4H3. The lowest BCUT2D eigenvalue weighted by molar-refractivity contribution is 0.480. The molecule has 0 amide bonds. The van der Waals surface area contributed by atoms with Crippen LogP contribution in [0.1, 0.15) is 33.6 Å². The molecule has 0 N–H and O–H groups in total. The smallest absolute Gasteiger partial charge is 0.0170 e. The molecular weight excluding hydrogens is 144 g/mol. The van der Waals surface area contributed by atoms with E-state index in [0.29, 0.717) is 5.41 Å². The van der Waals surface area contributed by atoms with Crippen LogP contribution in [0.2, 0.25) is 0 Å². The van der Waals surface area contributed by atoms with Crippen molar-refractivity contribution in [2.75, 3.05) is 0 Å². The number of rotatable bonds is 1. The molecule has 0 fully saturated rings. The second-order valence-electron chi connectivity index (χ2n) is 4.39. The molecule has 0 heterocycles. The maximum Gasteiger partial charge on any atom is -0.0170 e. The molecule has 0 heteroatoms. The molecule has 0 aromatic carbocycles. The van der Waals surface area contributed by atoms with Crippen molar-refractivity contribution in [3.8, 4) is 0 Å². The van der Waals surface area contributed by atoms with Gasteiger partial charge in [0, 0.05) is 0 Å². The van der Waals surface area contributed by atoms with E-state index >= 15 is 0 Å². The van der Waals surface area contributed by atoms with Crippen molar-refractivity contribution in [2.45, 2.75) is 33.6 Å². The lowest BCUT2D eigenvalue weighted by Gasteiger charge is -2.25. The van der Waals surface area contributed by atoms with Gasteiger partial charge in [-0.25, -0.2) is 0 Å². The molecule has 0 radical (unpaired) electrons. The predicted octanol–water partition coefficient (Wildman–Crippen LogP) is 3.87. The SMILES string of the molecule is C=CC1=CC=C(C(C)(C)C)CC1. The molecule has 0 atom stereocenters. The van der Waals surface area contributed by atoms with E-state index in [0.717, 1.165) is 6.42 Å². The Kier molecular flexibility index (Phi) is 2.56. The van der Waals surface area contributed by atoms with Crippen LogP contribution in [0.25, 0.3) is 0 Å². The highest BCUT2D eigenvalue weighted by molar-refractivity contribution is 5.31. The summed E-state index contributed by atoms with van der Waals surface area (Å²) >= 11 is 0. The summed E-state index contributed by atoms with van der Waals surface area (Å²) < 4.78 is 0. The van der Waals surface area contributed by atoms with Crippen LogP contribution in [-0.2, 0) is 0 Å². The summed E-state index contributed by atoms with van der Waals surface area (Å²) in [4.78, 5) is 0. The summed E-state index contributed by atoms with van der Waals surface area (Å²) in [5.74, 6) is 0. The molecule has 0 saturated heterocycles. The quantitative estimate of drug-likeness (QED) is 0.549. The van der Waals surface area contributed by atoms with Crippen LogP contribution in [0, 0.1) is 5.41 Å². The molecule has 1 aliphatic rings. The van der Waals surface area contributed by atoms with E-state index in [1.165, 1.54) is 12.0 Å². The van der Waals surface area contributed by atoms with E-state index < -0.39 is 0 Å². The Labute approximate surface area is 75.7 Å². The van der Waals surface area contributed by atoms with Gasteiger partial charge in [-0.3, -0.25) is 0 Å². The van der Waals surface area contributed by atoms with E-state index in [2.05, 4.69) is 39.5 Å². The van der Waals surface area contributed by atoms with Gasteiger partial charge in [0.25, 0.3) is 0 Å². The Bertz CT molecular complexity index is 233. The Hall–Kier alpha value is -0.780. The lowest BCUT2D eigenvalue weighted by Crippen LogP contribution is -2.11. The van der Waals surface area contributed by atoms with Gasteiger partial charge in [0.1, 0.15) is 0 Å². The van der Waals surface area contributed by atoms with Crippen molar-refractivity contribution in [2.24, 2.45) is 5.41 Å². The Morgan fingerprint density at radius 3 is 2.25 bits per heavy atom. The summed E-state index contributed by atoms with van der Waals surface area (Å²) in [5.41, 5.74) is 3.25. The molecule has 1 aliphatic carbocycles. The van der Waals surface area contributed by atoms with Crippen LogP contribution < -0.4 is 0 Å². The second-order valence-corrected chi connectivity index (χ2v) is 4.39. The van der Waals surface area contributed by atoms with Gasteiger partial charge in [0.2, 0.25) is 0 Å². The Morgan fingerprint density at radius 2 is 1.92 bits per heavy atom. The van der Waals surface area contributed by atoms with E-state index in [-0.39, 0.29) is 0 Å². The van der Waals surface area contributed by atoms with Gasteiger partial charge in [-0.05, 0) is 23.8 Å². The van der Waals surface area contributed by atoms with Gasteiger partial charge in [0.15, 0.2) is 0 Å². The fraction of sp³-hybridized carbons (Fsp3) is 0.500. The van der Waals surface area contributed by atoms with Gasteiger partial charge in [-0.1, -0.05) is 51.2 Å². The predicted molar refractivity (Wildman–Crippen MR) is 55.1 cm³/mol. The van der Waals surface area contributed by atoms with Crippen molar-refractivity contribution >= 4 is 0 Å². The minimum absolute atomic E-state index is 0.337. The highest BCUT2D eigenvalue weighted by Gasteiger charge is 2.17. The van der Waals surface area contributed by atoms with E-state index in [1.807, 2.05) is 6.08 Å². The minimum atomic E-state index is 0.337. The van der Waals surface area contributed by atoms with Crippen LogP contribution in [0.15, 0.2) is 36.0 Å². The number of hydrogen-bond donors (Lipinski definition) is 0. The average molecular weight is 162 g/mol. The molecule has 0 saturated carbocycles. The third-order valence-corrected chi connectivity index (χ3v) is 2.41. The molecule has 12 heavy (non-hydrogen) atoms. The first-order valence-electron chi connectivity index (χ1n) is 4.56. The summed E-state index contributed by atoms with van der Waals surface area (Å²) in [6, 6.07) is 0. The van der Waals surface area contributed by atoms with Crippen molar-refractivity contribution in [1.29, 1.82) is 0 Å². The van der Waals surface area contributed by atoms with Crippen molar-refractivity contribution < 1.29 is 0 Å². The van der Waals surface area contributed by atoms with E-state index in [4.69, 9.17) is 0 Å². The van der Waals surface area contributed by atoms with Crippen LogP contribution in [0.3, 0.4) is 0 Å². The van der Waals surface area contributed by atoms with Crippen LogP contribution in [-0.4, -0.2) is 0 Å². The first kappa shape index (κ1) is 9.31. The largest absolute Gasteiger partial charge is 0.0988 e. The summed E-state index contributed by atoms with van der Waals surface area (Å²) in [6.07, 6.45) is 8.75. The Morgan fingerprint density at radius 1 is 1.25 bits per heavy atom. The zero-order chi connectivity index (χ0) is 9.19. The van der Waals surface area contributed by atoms with Gasteiger partial charge in [0.05, 0.1) is 0 Å². The maximum absolute atomic E-state index is 3.77. The average Bonchev–Trinajstić information content (AvgIpc) is 2.03. The zero-order valence-corrected chi connectivity index (χ0v) is 8.35. The zero-order valence-electron chi connectivity index (χ0n) is 8.35. The third-order valence-electron chi connectivity index (χ3n) is 2.41. The highest BCUT2D eigenvalue weighted by atomic mass is 14.2. The van der Waals surface area contributed by atoms with E-state index in [1.54, 1.807) is 5.57 Å². The number of hydrogen-bond acceptors (Lipinski definition) is 0. The summed E-state index contributed by atoms with van der Waals surface area (Å²) in [7, 11) is 0. The lowest BCUT2D eigenvalue weighted by atomic mass is 9.80. The minimum Gasteiger partial charge on any atom is -0.0988 e. The summed E-state index contributed by atoms with van der Waals surface area (Å²) in [6.45, 7) is 10.6. The topological polar surface area (TPSA) is 0 Å². The highest BCUT2D eigenvalue weighted by Crippen LogP contribution is 2.32. The van der Waals surface area contributed by atoms with Crippen LogP contribution in [0.4, 0.5) is 0 Å². The monoisotopic (exact) mass is 162 g/mol. The summed E-state index contributed by atoms with van der Waals surface area (Å²) in [5, 5.41) is 0. The third kappa shape index (κ3) is 2.10. The molecule has 0 aliphatic heterocycles. The first-order chi connectivity index (χ1) is 5.54. The molecule has 0 bridgehead atoms. The van der Waals surface area contributed by atoms with Crippen LogP contribution in [0.5, 0.6) is 0 Å². The fourth-order valence-electron chi connectivity index (χ4n) is 1.45. The van der Waals surface area contributed by atoms with Gasteiger partial charge in [-0.2, -0.15) is 0 Å². The molecule has 0 aromatic heterocycles. The van der Waals surface area contributed by atoms with Crippen molar-refractivity contribution in [3.05, 3.63) is 36.0 Å². The van der Waals surface area contributed by atoms with Gasteiger partial charge >= 0.3 is 0 Å². The molecule has 0 nitrogen and oxygen atoms in total.